The number of carbonyl (C=O) groups excluding carboxylic acids is 1. The third kappa shape index (κ3) is 2.40. The van der Waals surface area contributed by atoms with Gasteiger partial charge < -0.3 is 14.4 Å². The summed E-state index contributed by atoms with van der Waals surface area (Å²) in [5.41, 5.74) is 0.711. The van der Waals surface area contributed by atoms with Crippen molar-refractivity contribution >= 4 is 21.8 Å². The molecule has 0 radical (unpaired) electrons. The number of ether oxygens (including phenoxy) is 2. The van der Waals surface area contributed by atoms with Crippen LogP contribution in [0.3, 0.4) is 0 Å². The lowest BCUT2D eigenvalue weighted by molar-refractivity contribution is 0.0600. The normalized spacial score (nSPS) is 19.9. The number of morpholine rings is 1. The molecule has 112 valence electrons. The molecule has 0 saturated carbocycles. The van der Waals surface area contributed by atoms with Gasteiger partial charge in [-0.2, -0.15) is 8.42 Å². The lowest BCUT2D eigenvalue weighted by Crippen LogP contribution is -2.40. The summed E-state index contributed by atoms with van der Waals surface area (Å²) in [6, 6.07) is 4.45. The highest BCUT2D eigenvalue weighted by Gasteiger charge is 2.33. The molecular weight excluding hydrogens is 296 g/mol. The summed E-state index contributed by atoms with van der Waals surface area (Å²) >= 11 is 0. The van der Waals surface area contributed by atoms with Crippen molar-refractivity contribution in [3.63, 3.8) is 0 Å². The summed E-state index contributed by atoms with van der Waals surface area (Å²) in [5.74, 6) is -0.155. The van der Waals surface area contributed by atoms with Gasteiger partial charge in [0, 0.05) is 18.7 Å². The molecule has 1 aromatic rings. The second kappa shape index (κ2) is 5.12. The molecule has 0 spiro atoms. The number of amidine groups is 1. The molecule has 2 aliphatic heterocycles. The maximum absolute atomic E-state index is 12.2. The van der Waals surface area contributed by atoms with E-state index in [9.17, 15) is 13.2 Å². The van der Waals surface area contributed by atoms with Crippen LogP contribution in [0.25, 0.3) is 0 Å². The molecule has 0 amide bonds. The van der Waals surface area contributed by atoms with Gasteiger partial charge in [0.15, 0.2) is 5.84 Å². The van der Waals surface area contributed by atoms with Gasteiger partial charge in [0.2, 0.25) is 0 Å². The number of methoxy groups -OCH3 is 1. The van der Waals surface area contributed by atoms with Crippen molar-refractivity contribution in [1.82, 2.24) is 4.90 Å². The number of hydrogen-bond acceptors (Lipinski definition) is 6. The summed E-state index contributed by atoms with van der Waals surface area (Å²) in [6.07, 6.45) is 0. The number of carbonyl (C=O) groups is 1. The van der Waals surface area contributed by atoms with Gasteiger partial charge in [0.1, 0.15) is 4.90 Å². The van der Waals surface area contributed by atoms with Gasteiger partial charge in [-0.25, -0.2) is 4.79 Å². The predicted molar refractivity (Wildman–Crippen MR) is 73.9 cm³/mol. The van der Waals surface area contributed by atoms with Crippen LogP contribution in [0, 0.1) is 0 Å². The van der Waals surface area contributed by atoms with Crippen LogP contribution in [0.1, 0.15) is 15.9 Å². The molecule has 0 aliphatic carbocycles. The van der Waals surface area contributed by atoms with Crippen LogP contribution in [-0.2, 0) is 19.5 Å². The number of sulfonamides is 1. The summed E-state index contributed by atoms with van der Waals surface area (Å²) in [6.45, 7) is 2.25. The monoisotopic (exact) mass is 310 g/mol. The quantitative estimate of drug-likeness (QED) is 0.692. The number of hydrogen-bond donors (Lipinski definition) is 0. The van der Waals surface area contributed by atoms with Crippen molar-refractivity contribution in [2.75, 3.05) is 33.4 Å². The van der Waals surface area contributed by atoms with Gasteiger partial charge in [0.25, 0.3) is 10.0 Å². The minimum atomic E-state index is -3.77. The Kier molecular flexibility index (Phi) is 3.42. The zero-order valence-electron chi connectivity index (χ0n) is 11.4. The van der Waals surface area contributed by atoms with Crippen LogP contribution in [0.2, 0.25) is 0 Å². The van der Waals surface area contributed by atoms with E-state index in [2.05, 4.69) is 9.13 Å². The molecule has 2 aliphatic rings. The lowest BCUT2D eigenvalue weighted by Gasteiger charge is -2.28. The van der Waals surface area contributed by atoms with Gasteiger partial charge in [-0.1, -0.05) is 0 Å². The van der Waals surface area contributed by atoms with Crippen LogP contribution in [0.4, 0.5) is 0 Å². The van der Waals surface area contributed by atoms with Gasteiger partial charge in [-0.15, -0.1) is 4.40 Å². The summed E-state index contributed by atoms with van der Waals surface area (Å²) < 4.78 is 38.1. The van der Waals surface area contributed by atoms with Crippen molar-refractivity contribution in [3.05, 3.63) is 29.3 Å². The molecule has 0 bridgehead atoms. The summed E-state index contributed by atoms with van der Waals surface area (Å²) in [5, 5.41) is 0. The molecule has 1 saturated heterocycles. The van der Waals surface area contributed by atoms with E-state index in [0.717, 1.165) is 0 Å². The molecule has 0 atom stereocenters. The molecule has 2 heterocycles. The third-order valence-corrected chi connectivity index (χ3v) is 4.75. The van der Waals surface area contributed by atoms with Gasteiger partial charge in [-0.3, -0.25) is 0 Å². The Morgan fingerprint density at radius 3 is 2.71 bits per heavy atom. The van der Waals surface area contributed by atoms with Crippen molar-refractivity contribution < 1.29 is 22.7 Å². The maximum atomic E-state index is 12.2. The van der Waals surface area contributed by atoms with Crippen molar-refractivity contribution in [2.24, 2.45) is 4.40 Å². The molecule has 1 aromatic carbocycles. The topological polar surface area (TPSA) is 85.3 Å². The third-order valence-electron chi connectivity index (χ3n) is 3.44. The van der Waals surface area contributed by atoms with Crippen LogP contribution >= 0.6 is 0 Å². The highest BCUT2D eigenvalue weighted by molar-refractivity contribution is 7.90. The van der Waals surface area contributed by atoms with Crippen molar-refractivity contribution in [3.8, 4) is 0 Å². The first-order chi connectivity index (χ1) is 10.0. The number of rotatable bonds is 1. The summed E-state index contributed by atoms with van der Waals surface area (Å²) in [4.78, 5) is 13.5. The highest BCUT2D eigenvalue weighted by atomic mass is 32.2. The fourth-order valence-corrected chi connectivity index (χ4v) is 3.63. The fourth-order valence-electron chi connectivity index (χ4n) is 2.38. The van der Waals surface area contributed by atoms with Crippen LogP contribution in [0.15, 0.2) is 27.5 Å². The molecule has 1 fully saturated rings. The number of nitrogens with zero attached hydrogens (tertiary/aromatic N) is 2. The highest BCUT2D eigenvalue weighted by Crippen LogP contribution is 2.29. The van der Waals surface area contributed by atoms with Crippen molar-refractivity contribution in [2.45, 2.75) is 4.90 Å². The van der Waals surface area contributed by atoms with E-state index in [1.54, 1.807) is 12.1 Å². The first kappa shape index (κ1) is 14.0. The zero-order chi connectivity index (χ0) is 15.0. The Labute approximate surface area is 122 Å². The smallest absolute Gasteiger partial charge is 0.337 e. The SMILES string of the molecule is COC(=O)c1ccc2c(c1)S(=O)(=O)N=C2N1CCOCC1. The van der Waals surface area contributed by atoms with E-state index >= 15 is 0 Å². The van der Waals surface area contributed by atoms with Crippen LogP contribution < -0.4 is 0 Å². The molecule has 0 unspecified atom stereocenters. The van der Waals surface area contributed by atoms with Crippen LogP contribution in [0.5, 0.6) is 0 Å². The Bertz CT molecular complexity index is 720. The fraction of sp³-hybridized carbons (Fsp3) is 0.385. The number of fused-ring (bicyclic) bond motifs is 1. The molecular formula is C13H14N2O5S. The van der Waals surface area contributed by atoms with E-state index in [4.69, 9.17) is 4.74 Å². The Morgan fingerprint density at radius 2 is 2.05 bits per heavy atom. The van der Waals surface area contributed by atoms with E-state index < -0.39 is 16.0 Å². The standard InChI is InChI=1S/C13H14N2O5S/c1-19-13(16)9-2-3-10-11(8-9)21(17,18)14-12(10)15-4-6-20-7-5-15/h2-3,8H,4-7H2,1H3. The minimum Gasteiger partial charge on any atom is -0.465 e. The van der Waals surface area contributed by atoms with E-state index in [0.29, 0.717) is 37.7 Å². The second-order valence-electron chi connectivity index (χ2n) is 4.69. The predicted octanol–water partition coefficient (Wildman–Crippen LogP) is 0.254. The molecule has 21 heavy (non-hydrogen) atoms. The van der Waals surface area contributed by atoms with Gasteiger partial charge >= 0.3 is 5.97 Å². The number of esters is 1. The maximum Gasteiger partial charge on any atom is 0.337 e. The largest absolute Gasteiger partial charge is 0.465 e. The Morgan fingerprint density at radius 1 is 1.33 bits per heavy atom. The van der Waals surface area contributed by atoms with Gasteiger partial charge in [-0.05, 0) is 18.2 Å². The van der Waals surface area contributed by atoms with Gasteiger partial charge in [0.05, 0.1) is 25.9 Å². The zero-order valence-corrected chi connectivity index (χ0v) is 12.2. The number of benzene rings is 1. The average Bonchev–Trinajstić information content (AvgIpc) is 2.78. The van der Waals surface area contributed by atoms with E-state index in [-0.39, 0.29) is 10.5 Å². The molecule has 3 rings (SSSR count). The first-order valence-electron chi connectivity index (χ1n) is 6.43. The second-order valence-corrected chi connectivity index (χ2v) is 6.26. The summed E-state index contributed by atoms with van der Waals surface area (Å²) in [7, 11) is -2.52. The van der Waals surface area contributed by atoms with E-state index in [1.165, 1.54) is 13.2 Å². The molecule has 7 nitrogen and oxygen atoms in total. The van der Waals surface area contributed by atoms with E-state index in [1.807, 2.05) is 4.90 Å². The minimum absolute atomic E-state index is 0.0480. The Hall–Kier alpha value is -1.93. The Balaban J connectivity index is 2.04. The van der Waals surface area contributed by atoms with Crippen LogP contribution in [-0.4, -0.2) is 58.5 Å². The molecule has 8 heteroatoms. The molecule has 0 N–H and O–H groups in total. The first-order valence-corrected chi connectivity index (χ1v) is 7.87. The lowest BCUT2D eigenvalue weighted by atomic mass is 10.1. The molecule has 0 aromatic heterocycles. The average molecular weight is 310 g/mol. The van der Waals surface area contributed by atoms with Crippen molar-refractivity contribution in [1.29, 1.82) is 0 Å².